The van der Waals surface area contributed by atoms with Crippen molar-refractivity contribution in [3.8, 4) is 0 Å². The highest BCUT2D eigenvalue weighted by Crippen LogP contribution is 2.36. The minimum atomic E-state index is -4.12. The minimum Gasteiger partial charge on any atom is -0.381 e. The van der Waals surface area contributed by atoms with Crippen LogP contribution in [0, 0.1) is 11.3 Å². The maximum Gasteiger partial charge on any atom is 0.401 e. The van der Waals surface area contributed by atoms with Crippen molar-refractivity contribution in [2.24, 2.45) is 11.3 Å². The van der Waals surface area contributed by atoms with Crippen molar-refractivity contribution in [3.63, 3.8) is 0 Å². The van der Waals surface area contributed by atoms with Crippen LogP contribution in [-0.4, -0.2) is 56.5 Å². The molecule has 1 saturated carbocycles. The number of nitrogens with one attached hydrogen (secondary N) is 1. The minimum absolute atomic E-state index is 0.120. The summed E-state index contributed by atoms with van der Waals surface area (Å²) in [7, 11) is 0. The molecule has 0 aromatic carbocycles. The second-order valence-electron chi connectivity index (χ2n) is 7.08. The molecule has 1 heterocycles. The zero-order chi connectivity index (χ0) is 15.5. The molecule has 0 aromatic rings. The van der Waals surface area contributed by atoms with E-state index in [0.29, 0.717) is 25.7 Å². The van der Waals surface area contributed by atoms with Crippen molar-refractivity contribution in [2.75, 3.05) is 39.4 Å². The SMILES string of the molecule is CC(C)CNCC1(CN(CC(F)(F)F)C2CC2)CCOC1. The molecule has 6 heteroatoms. The molecule has 1 saturated heterocycles. The van der Waals surface area contributed by atoms with Gasteiger partial charge in [0.1, 0.15) is 0 Å². The van der Waals surface area contributed by atoms with Crippen LogP contribution >= 0.6 is 0 Å². The van der Waals surface area contributed by atoms with E-state index in [1.807, 2.05) is 0 Å². The van der Waals surface area contributed by atoms with Crippen molar-refractivity contribution < 1.29 is 17.9 Å². The predicted octanol–water partition coefficient (Wildman–Crippen LogP) is 2.67. The van der Waals surface area contributed by atoms with E-state index in [4.69, 9.17) is 4.74 Å². The standard InChI is InChI=1S/C15H27F3N2O/c1-12(2)7-19-8-14(5-6-21-11-14)9-20(13-3-4-13)10-15(16,17)18/h12-13,19H,3-11H2,1-2H3. The van der Waals surface area contributed by atoms with Gasteiger partial charge in [0.05, 0.1) is 13.2 Å². The fourth-order valence-electron chi connectivity index (χ4n) is 3.01. The van der Waals surface area contributed by atoms with Crippen molar-refractivity contribution in [2.45, 2.75) is 45.3 Å². The van der Waals surface area contributed by atoms with Gasteiger partial charge in [-0.05, 0) is 31.7 Å². The largest absolute Gasteiger partial charge is 0.401 e. The van der Waals surface area contributed by atoms with E-state index >= 15 is 0 Å². The third-order valence-corrected chi connectivity index (χ3v) is 4.22. The first-order valence-corrected chi connectivity index (χ1v) is 7.89. The van der Waals surface area contributed by atoms with Gasteiger partial charge in [0.2, 0.25) is 0 Å². The molecule has 1 atom stereocenters. The number of hydrogen-bond donors (Lipinski definition) is 1. The van der Waals surface area contributed by atoms with E-state index in [9.17, 15) is 13.2 Å². The summed E-state index contributed by atoms with van der Waals surface area (Å²) in [6, 6.07) is 0.120. The van der Waals surface area contributed by atoms with E-state index in [0.717, 1.165) is 32.4 Å². The van der Waals surface area contributed by atoms with Crippen LogP contribution in [0.5, 0.6) is 0 Å². The lowest BCUT2D eigenvalue weighted by molar-refractivity contribution is -0.150. The van der Waals surface area contributed by atoms with Gasteiger partial charge in [-0.25, -0.2) is 0 Å². The van der Waals surface area contributed by atoms with Gasteiger partial charge in [0, 0.05) is 31.2 Å². The maximum absolute atomic E-state index is 12.8. The number of alkyl halides is 3. The average Bonchev–Trinajstić information content (AvgIpc) is 3.09. The molecule has 2 rings (SSSR count). The van der Waals surface area contributed by atoms with Crippen LogP contribution in [0.1, 0.15) is 33.1 Å². The average molecular weight is 308 g/mol. The summed E-state index contributed by atoms with van der Waals surface area (Å²) in [6.07, 6.45) is -1.48. The summed E-state index contributed by atoms with van der Waals surface area (Å²) in [5.41, 5.74) is -0.164. The van der Waals surface area contributed by atoms with E-state index in [-0.39, 0.29) is 11.5 Å². The van der Waals surface area contributed by atoms with E-state index in [1.54, 1.807) is 4.90 Å². The Kier molecular flexibility index (Phi) is 5.54. The molecule has 124 valence electrons. The molecule has 0 bridgehead atoms. The second kappa shape index (κ2) is 6.84. The van der Waals surface area contributed by atoms with Crippen molar-refractivity contribution >= 4 is 0 Å². The summed E-state index contributed by atoms with van der Waals surface area (Å²) in [4.78, 5) is 1.63. The number of halogens is 3. The molecule has 0 spiro atoms. The van der Waals surface area contributed by atoms with Crippen LogP contribution in [0.25, 0.3) is 0 Å². The van der Waals surface area contributed by atoms with Gasteiger partial charge < -0.3 is 10.1 Å². The summed E-state index contributed by atoms with van der Waals surface area (Å²) in [5, 5.41) is 3.41. The quantitative estimate of drug-likeness (QED) is 0.746. The molecule has 0 amide bonds. The highest BCUT2D eigenvalue weighted by Gasteiger charge is 2.44. The topological polar surface area (TPSA) is 24.5 Å². The van der Waals surface area contributed by atoms with Crippen LogP contribution in [0.2, 0.25) is 0 Å². The molecule has 0 aromatic heterocycles. The van der Waals surface area contributed by atoms with E-state index in [2.05, 4.69) is 19.2 Å². The van der Waals surface area contributed by atoms with Crippen molar-refractivity contribution in [1.29, 1.82) is 0 Å². The van der Waals surface area contributed by atoms with Crippen LogP contribution in [0.4, 0.5) is 13.2 Å². The third kappa shape index (κ3) is 5.75. The zero-order valence-electron chi connectivity index (χ0n) is 13.0. The third-order valence-electron chi connectivity index (χ3n) is 4.22. The Labute approximate surface area is 125 Å². The lowest BCUT2D eigenvalue weighted by Crippen LogP contribution is -2.48. The summed E-state index contributed by atoms with van der Waals surface area (Å²) in [5.74, 6) is 0.541. The van der Waals surface area contributed by atoms with Crippen LogP contribution in [-0.2, 0) is 4.74 Å². The van der Waals surface area contributed by atoms with E-state index in [1.165, 1.54) is 0 Å². The molecular formula is C15H27F3N2O. The molecule has 2 aliphatic rings. The zero-order valence-corrected chi connectivity index (χ0v) is 13.0. The first-order valence-electron chi connectivity index (χ1n) is 7.89. The normalized spacial score (nSPS) is 27.0. The van der Waals surface area contributed by atoms with Crippen LogP contribution in [0.3, 0.4) is 0 Å². The smallest absolute Gasteiger partial charge is 0.381 e. The van der Waals surface area contributed by atoms with Crippen molar-refractivity contribution in [1.82, 2.24) is 10.2 Å². The van der Waals surface area contributed by atoms with Crippen molar-refractivity contribution in [3.05, 3.63) is 0 Å². The lowest BCUT2D eigenvalue weighted by atomic mass is 9.86. The number of nitrogens with zero attached hydrogens (tertiary/aromatic N) is 1. The molecule has 1 aliphatic heterocycles. The Morgan fingerprint density at radius 1 is 1.33 bits per heavy atom. The van der Waals surface area contributed by atoms with Gasteiger partial charge in [-0.1, -0.05) is 13.8 Å². The Hall–Kier alpha value is -0.330. The Balaban J connectivity index is 1.93. The molecule has 0 radical (unpaired) electrons. The second-order valence-corrected chi connectivity index (χ2v) is 7.08. The monoisotopic (exact) mass is 308 g/mol. The predicted molar refractivity (Wildman–Crippen MR) is 76.2 cm³/mol. The number of rotatable bonds is 8. The maximum atomic E-state index is 12.8. The number of hydrogen-bond acceptors (Lipinski definition) is 3. The molecule has 1 unspecified atom stereocenters. The van der Waals surface area contributed by atoms with Gasteiger partial charge >= 0.3 is 6.18 Å². The fraction of sp³-hybridized carbons (Fsp3) is 1.00. The van der Waals surface area contributed by atoms with Gasteiger partial charge in [0.15, 0.2) is 0 Å². The highest BCUT2D eigenvalue weighted by molar-refractivity contribution is 4.94. The fourth-order valence-corrected chi connectivity index (χ4v) is 3.01. The highest BCUT2D eigenvalue weighted by atomic mass is 19.4. The molecule has 3 nitrogen and oxygen atoms in total. The summed E-state index contributed by atoms with van der Waals surface area (Å²) < 4.78 is 43.8. The van der Waals surface area contributed by atoms with Gasteiger partial charge in [-0.3, -0.25) is 4.90 Å². The summed E-state index contributed by atoms with van der Waals surface area (Å²) >= 11 is 0. The van der Waals surface area contributed by atoms with Gasteiger partial charge in [0.25, 0.3) is 0 Å². The molecule has 1 N–H and O–H groups in total. The first-order chi connectivity index (χ1) is 9.80. The van der Waals surface area contributed by atoms with E-state index < -0.39 is 12.7 Å². The van der Waals surface area contributed by atoms with Gasteiger partial charge in [-0.2, -0.15) is 13.2 Å². The number of ether oxygens (including phenoxy) is 1. The molecule has 1 aliphatic carbocycles. The van der Waals surface area contributed by atoms with Gasteiger partial charge in [-0.15, -0.1) is 0 Å². The molecular weight excluding hydrogens is 281 g/mol. The molecule has 21 heavy (non-hydrogen) atoms. The lowest BCUT2D eigenvalue weighted by Gasteiger charge is -2.35. The van der Waals surface area contributed by atoms with Crippen LogP contribution < -0.4 is 5.32 Å². The Bertz CT molecular complexity index is 323. The first kappa shape index (κ1) is 17.0. The molecule has 2 fully saturated rings. The Morgan fingerprint density at radius 3 is 2.52 bits per heavy atom. The Morgan fingerprint density at radius 2 is 2.05 bits per heavy atom. The van der Waals surface area contributed by atoms with Crippen LogP contribution in [0.15, 0.2) is 0 Å². The summed E-state index contributed by atoms with van der Waals surface area (Å²) in [6.45, 7) is 6.82.